The smallest absolute Gasteiger partial charge is 0.410 e. The van der Waals surface area contributed by atoms with Gasteiger partial charge in [-0.2, -0.15) is 0 Å². The molecule has 0 aliphatic rings. The molecular formula is C17H25BrN2O3. The second-order valence-electron chi connectivity index (χ2n) is 6.52. The zero-order chi connectivity index (χ0) is 17.6. The number of nitrogens with zero attached hydrogens (tertiary/aromatic N) is 1. The van der Waals surface area contributed by atoms with Crippen LogP contribution < -0.4 is 5.32 Å². The Kier molecular flexibility index (Phi) is 7.06. The minimum absolute atomic E-state index is 0.0655. The SMILES string of the molecule is Cc1cc(NC(=O)CCCN(C)C(=O)OC(C)(C)C)ccc1Br. The average molecular weight is 385 g/mol. The molecule has 0 radical (unpaired) electrons. The zero-order valence-electron chi connectivity index (χ0n) is 14.4. The molecule has 2 amide bonds. The number of benzene rings is 1. The molecule has 0 aliphatic heterocycles. The maximum atomic E-state index is 11.9. The molecule has 1 aromatic carbocycles. The summed E-state index contributed by atoms with van der Waals surface area (Å²) in [7, 11) is 1.67. The number of halogens is 1. The van der Waals surface area contributed by atoms with Gasteiger partial charge in [-0.3, -0.25) is 4.79 Å². The maximum Gasteiger partial charge on any atom is 0.410 e. The second-order valence-corrected chi connectivity index (χ2v) is 7.37. The summed E-state index contributed by atoms with van der Waals surface area (Å²) in [5, 5.41) is 2.86. The molecule has 0 atom stereocenters. The topological polar surface area (TPSA) is 58.6 Å². The van der Waals surface area contributed by atoms with E-state index in [1.165, 1.54) is 4.90 Å². The van der Waals surface area contributed by atoms with E-state index in [0.29, 0.717) is 19.4 Å². The summed E-state index contributed by atoms with van der Waals surface area (Å²) in [6.45, 7) is 7.92. The Morgan fingerprint density at radius 2 is 1.96 bits per heavy atom. The number of hydrogen-bond donors (Lipinski definition) is 1. The summed E-state index contributed by atoms with van der Waals surface area (Å²) in [6, 6.07) is 5.66. The van der Waals surface area contributed by atoms with Crippen LogP contribution in [0.5, 0.6) is 0 Å². The number of amides is 2. The molecule has 0 bridgehead atoms. The highest BCUT2D eigenvalue weighted by Gasteiger charge is 2.19. The van der Waals surface area contributed by atoms with Crippen LogP contribution in [-0.2, 0) is 9.53 Å². The van der Waals surface area contributed by atoms with Gasteiger partial charge < -0.3 is 15.0 Å². The van der Waals surface area contributed by atoms with Gasteiger partial charge in [0.2, 0.25) is 5.91 Å². The van der Waals surface area contributed by atoms with Gasteiger partial charge in [0.1, 0.15) is 5.60 Å². The molecule has 5 nitrogen and oxygen atoms in total. The van der Waals surface area contributed by atoms with E-state index in [4.69, 9.17) is 4.74 Å². The van der Waals surface area contributed by atoms with Crippen molar-refractivity contribution in [3.63, 3.8) is 0 Å². The van der Waals surface area contributed by atoms with E-state index >= 15 is 0 Å². The Labute approximate surface area is 146 Å². The predicted octanol–water partition coefficient (Wildman–Crippen LogP) is 4.34. The van der Waals surface area contributed by atoms with E-state index in [0.717, 1.165) is 15.7 Å². The first-order valence-electron chi connectivity index (χ1n) is 7.58. The quantitative estimate of drug-likeness (QED) is 0.820. The molecule has 0 spiro atoms. The molecule has 6 heteroatoms. The Morgan fingerprint density at radius 3 is 2.52 bits per heavy atom. The van der Waals surface area contributed by atoms with Crippen LogP contribution >= 0.6 is 15.9 Å². The standard InChI is InChI=1S/C17H25BrN2O3/c1-12-11-13(8-9-14(12)18)19-15(21)7-6-10-20(5)16(22)23-17(2,3)4/h8-9,11H,6-7,10H2,1-5H3,(H,19,21). The van der Waals surface area contributed by atoms with Gasteiger partial charge in [-0.1, -0.05) is 15.9 Å². The van der Waals surface area contributed by atoms with Crippen LogP contribution in [0.15, 0.2) is 22.7 Å². The number of carbonyl (C=O) groups is 2. The van der Waals surface area contributed by atoms with E-state index in [-0.39, 0.29) is 12.0 Å². The Bertz CT molecular complexity index is 567. The number of ether oxygens (including phenoxy) is 1. The Balaban J connectivity index is 2.36. The van der Waals surface area contributed by atoms with Gasteiger partial charge in [-0.05, 0) is 57.9 Å². The minimum atomic E-state index is -0.512. The summed E-state index contributed by atoms with van der Waals surface area (Å²) in [6.07, 6.45) is 0.556. The normalized spacial score (nSPS) is 11.0. The molecule has 1 rings (SSSR count). The van der Waals surface area contributed by atoms with Gasteiger partial charge in [-0.15, -0.1) is 0 Å². The molecule has 0 heterocycles. The van der Waals surface area contributed by atoms with Gasteiger partial charge in [0.15, 0.2) is 0 Å². The van der Waals surface area contributed by atoms with Crippen LogP contribution in [-0.4, -0.2) is 36.1 Å². The van der Waals surface area contributed by atoms with Gasteiger partial charge in [0.25, 0.3) is 0 Å². The van der Waals surface area contributed by atoms with Crippen molar-refractivity contribution in [3.05, 3.63) is 28.2 Å². The number of hydrogen-bond acceptors (Lipinski definition) is 3. The highest BCUT2D eigenvalue weighted by Crippen LogP contribution is 2.20. The molecule has 0 fully saturated rings. The number of anilines is 1. The second kappa shape index (κ2) is 8.34. The lowest BCUT2D eigenvalue weighted by atomic mass is 10.2. The first-order chi connectivity index (χ1) is 10.6. The predicted molar refractivity (Wildman–Crippen MR) is 95.6 cm³/mol. The number of rotatable bonds is 5. The van der Waals surface area contributed by atoms with E-state index in [1.807, 2.05) is 45.9 Å². The molecule has 23 heavy (non-hydrogen) atoms. The summed E-state index contributed by atoms with van der Waals surface area (Å²) < 4.78 is 6.27. The van der Waals surface area contributed by atoms with Crippen molar-refractivity contribution in [1.29, 1.82) is 0 Å². The summed E-state index contributed by atoms with van der Waals surface area (Å²) in [4.78, 5) is 25.2. The summed E-state index contributed by atoms with van der Waals surface area (Å²) >= 11 is 3.43. The Morgan fingerprint density at radius 1 is 1.30 bits per heavy atom. The molecule has 1 N–H and O–H groups in total. The fourth-order valence-electron chi connectivity index (χ4n) is 1.85. The van der Waals surface area contributed by atoms with Crippen LogP contribution in [0, 0.1) is 6.92 Å². The van der Waals surface area contributed by atoms with Crippen molar-refractivity contribution in [2.75, 3.05) is 18.9 Å². The number of nitrogens with one attached hydrogen (secondary N) is 1. The fourth-order valence-corrected chi connectivity index (χ4v) is 2.10. The zero-order valence-corrected chi connectivity index (χ0v) is 16.0. The third kappa shape index (κ3) is 7.50. The summed E-state index contributed by atoms with van der Waals surface area (Å²) in [5.74, 6) is -0.0655. The lowest BCUT2D eigenvalue weighted by Crippen LogP contribution is -2.35. The molecule has 1 aromatic rings. The van der Waals surface area contributed by atoms with Crippen molar-refractivity contribution in [3.8, 4) is 0 Å². The highest BCUT2D eigenvalue weighted by atomic mass is 79.9. The van der Waals surface area contributed by atoms with Crippen LogP contribution in [0.3, 0.4) is 0 Å². The highest BCUT2D eigenvalue weighted by molar-refractivity contribution is 9.10. The number of carbonyl (C=O) groups excluding carboxylic acids is 2. The number of aryl methyl sites for hydroxylation is 1. The van der Waals surface area contributed by atoms with Gasteiger partial charge in [0.05, 0.1) is 0 Å². The van der Waals surface area contributed by atoms with Crippen molar-refractivity contribution < 1.29 is 14.3 Å². The van der Waals surface area contributed by atoms with Crippen LogP contribution in [0.2, 0.25) is 0 Å². The third-order valence-corrected chi connectivity index (χ3v) is 3.93. The monoisotopic (exact) mass is 384 g/mol. The first-order valence-corrected chi connectivity index (χ1v) is 8.38. The van der Waals surface area contributed by atoms with E-state index < -0.39 is 5.60 Å². The Hall–Kier alpha value is -1.56. The average Bonchev–Trinajstić information content (AvgIpc) is 2.41. The van der Waals surface area contributed by atoms with Gasteiger partial charge in [0, 0.05) is 30.2 Å². The van der Waals surface area contributed by atoms with Crippen molar-refractivity contribution in [1.82, 2.24) is 4.90 Å². The minimum Gasteiger partial charge on any atom is -0.444 e. The van der Waals surface area contributed by atoms with E-state index in [9.17, 15) is 9.59 Å². The lowest BCUT2D eigenvalue weighted by molar-refractivity contribution is -0.116. The van der Waals surface area contributed by atoms with Gasteiger partial charge in [-0.25, -0.2) is 4.79 Å². The molecule has 0 unspecified atom stereocenters. The van der Waals surface area contributed by atoms with Gasteiger partial charge >= 0.3 is 6.09 Å². The summed E-state index contributed by atoms with van der Waals surface area (Å²) in [5.41, 5.74) is 1.32. The third-order valence-electron chi connectivity index (χ3n) is 3.04. The molecule has 0 aromatic heterocycles. The maximum absolute atomic E-state index is 11.9. The molecule has 128 valence electrons. The van der Waals surface area contributed by atoms with Crippen LogP contribution in [0.1, 0.15) is 39.2 Å². The fraction of sp³-hybridized carbons (Fsp3) is 0.529. The first kappa shape index (κ1) is 19.5. The largest absolute Gasteiger partial charge is 0.444 e. The van der Waals surface area contributed by atoms with Crippen LogP contribution in [0.25, 0.3) is 0 Å². The van der Waals surface area contributed by atoms with Crippen LogP contribution in [0.4, 0.5) is 10.5 Å². The molecule has 0 saturated heterocycles. The van der Waals surface area contributed by atoms with Crippen molar-refractivity contribution in [2.45, 2.75) is 46.1 Å². The van der Waals surface area contributed by atoms with Crippen molar-refractivity contribution in [2.24, 2.45) is 0 Å². The molecule has 0 aliphatic carbocycles. The molecule has 0 saturated carbocycles. The van der Waals surface area contributed by atoms with Crippen molar-refractivity contribution >= 4 is 33.6 Å². The lowest BCUT2D eigenvalue weighted by Gasteiger charge is -2.24. The van der Waals surface area contributed by atoms with E-state index in [1.54, 1.807) is 7.05 Å². The van der Waals surface area contributed by atoms with E-state index in [2.05, 4.69) is 21.2 Å². The molecular weight excluding hydrogens is 360 g/mol.